The number of ether oxygens (including phenoxy) is 2. The summed E-state index contributed by atoms with van der Waals surface area (Å²) in [5.41, 5.74) is 1.41. The number of carbonyl (C=O) groups is 3. The number of Topliss-reactive ketones (excluding diaryl/α,β-unsaturated/α-hetero) is 1. The second kappa shape index (κ2) is 8.94. The lowest BCUT2D eigenvalue weighted by molar-refractivity contribution is -0.147. The van der Waals surface area contributed by atoms with E-state index >= 15 is 0 Å². The molecule has 3 atom stereocenters. The van der Waals surface area contributed by atoms with Crippen molar-refractivity contribution < 1.29 is 29.0 Å². The number of hydrogen-bond donors (Lipinski definition) is 1. The highest BCUT2D eigenvalue weighted by Gasteiger charge is 2.39. The number of carbonyl (C=O) groups excluding carboxylic acids is 3. The number of hydrogen-bond acceptors (Lipinski definition) is 6. The molecule has 1 heterocycles. The third kappa shape index (κ3) is 4.69. The van der Waals surface area contributed by atoms with E-state index < -0.39 is 18.0 Å². The maximum atomic E-state index is 12.3. The summed E-state index contributed by atoms with van der Waals surface area (Å²) >= 11 is 0. The van der Waals surface area contributed by atoms with Crippen LogP contribution < -0.4 is 0 Å². The molecule has 6 heteroatoms. The van der Waals surface area contributed by atoms with Gasteiger partial charge in [0.15, 0.2) is 5.78 Å². The van der Waals surface area contributed by atoms with E-state index in [2.05, 4.69) is 6.58 Å². The van der Waals surface area contributed by atoms with Crippen molar-refractivity contribution in [3.8, 4) is 0 Å². The summed E-state index contributed by atoms with van der Waals surface area (Å²) in [5.74, 6) is -1.64. The topological polar surface area (TPSA) is 89.9 Å². The fraction of sp³-hybridized carbons (Fsp3) is 0.550. The van der Waals surface area contributed by atoms with E-state index in [1.807, 2.05) is 13.8 Å². The average Bonchev–Trinajstić information content (AvgIpc) is 2.89. The first-order chi connectivity index (χ1) is 12.4. The molecule has 1 aliphatic heterocycles. The Morgan fingerprint density at radius 1 is 1.46 bits per heavy atom. The van der Waals surface area contributed by atoms with Crippen LogP contribution in [0.1, 0.15) is 39.5 Å². The number of rotatable bonds is 5. The second-order valence-corrected chi connectivity index (χ2v) is 6.80. The molecule has 0 amide bonds. The van der Waals surface area contributed by atoms with Gasteiger partial charge in [0.25, 0.3) is 0 Å². The van der Waals surface area contributed by atoms with E-state index in [1.165, 1.54) is 0 Å². The van der Waals surface area contributed by atoms with Crippen molar-refractivity contribution in [1.82, 2.24) is 0 Å². The summed E-state index contributed by atoms with van der Waals surface area (Å²) in [6.07, 6.45) is 4.69. The van der Waals surface area contributed by atoms with Crippen LogP contribution in [0.2, 0.25) is 0 Å². The highest BCUT2D eigenvalue weighted by molar-refractivity contribution is 5.98. The van der Waals surface area contributed by atoms with Gasteiger partial charge in [0, 0.05) is 23.5 Å². The molecule has 0 bridgehead atoms. The molecule has 0 aromatic heterocycles. The second-order valence-electron chi connectivity index (χ2n) is 6.80. The summed E-state index contributed by atoms with van der Waals surface area (Å²) < 4.78 is 10.7. The summed E-state index contributed by atoms with van der Waals surface area (Å²) in [6, 6.07) is 0. The predicted molar refractivity (Wildman–Crippen MR) is 95.0 cm³/mol. The van der Waals surface area contributed by atoms with Gasteiger partial charge in [-0.15, -0.1) is 0 Å². The SMILES string of the molecule is C=C1C(=O)O[C@@H]2/C=C(\COC(=O)[C@H](C)CC)CC/C=C(/CO)C(=O)C[C@@H]12. The zero-order valence-electron chi connectivity index (χ0n) is 15.3. The van der Waals surface area contributed by atoms with Gasteiger partial charge in [-0.2, -0.15) is 0 Å². The minimum absolute atomic E-state index is 0.0536. The first kappa shape index (κ1) is 20.1. The van der Waals surface area contributed by atoms with E-state index in [1.54, 1.807) is 12.2 Å². The molecule has 1 saturated heterocycles. The van der Waals surface area contributed by atoms with Crippen LogP contribution in [-0.2, 0) is 23.9 Å². The first-order valence-corrected chi connectivity index (χ1v) is 8.96. The van der Waals surface area contributed by atoms with Gasteiger partial charge in [-0.05, 0) is 30.9 Å². The minimum Gasteiger partial charge on any atom is -0.461 e. The molecule has 0 unspecified atom stereocenters. The molecule has 0 spiro atoms. The maximum Gasteiger partial charge on any atom is 0.334 e. The fourth-order valence-corrected chi connectivity index (χ4v) is 2.96. The third-order valence-corrected chi connectivity index (χ3v) is 4.95. The van der Waals surface area contributed by atoms with Gasteiger partial charge in [0.1, 0.15) is 12.7 Å². The monoisotopic (exact) mass is 362 g/mol. The fourth-order valence-electron chi connectivity index (χ4n) is 2.96. The molecule has 2 rings (SSSR count). The van der Waals surface area contributed by atoms with Crippen LogP contribution >= 0.6 is 0 Å². The van der Waals surface area contributed by atoms with Crippen LogP contribution in [0.4, 0.5) is 0 Å². The highest BCUT2D eigenvalue weighted by Crippen LogP contribution is 2.33. The van der Waals surface area contributed by atoms with Gasteiger partial charge < -0.3 is 14.6 Å². The Kier molecular flexibility index (Phi) is 6.91. The van der Waals surface area contributed by atoms with Crippen molar-refractivity contribution in [1.29, 1.82) is 0 Å². The Bertz CT molecular complexity index is 657. The number of allylic oxidation sites excluding steroid dienone is 1. The standard InChI is InChI=1S/C20H26O6/c1-4-12(2)19(23)25-11-14-6-5-7-15(10-21)17(22)9-16-13(3)20(24)26-18(16)8-14/h7-8,12,16,18,21H,3-6,9-11H2,1-2H3/b14-8-,15-7-/t12-,16+,18-/m1/s1. The number of aliphatic hydroxyl groups excluding tert-OH is 1. The molecular formula is C20H26O6. The van der Waals surface area contributed by atoms with Gasteiger partial charge in [-0.3, -0.25) is 9.59 Å². The van der Waals surface area contributed by atoms with Gasteiger partial charge in [-0.1, -0.05) is 26.5 Å². The molecule has 6 nitrogen and oxygen atoms in total. The van der Waals surface area contributed by atoms with Crippen LogP contribution in [0.3, 0.4) is 0 Å². The first-order valence-electron chi connectivity index (χ1n) is 8.96. The van der Waals surface area contributed by atoms with Crippen molar-refractivity contribution in [3.63, 3.8) is 0 Å². The lowest BCUT2D eigenvalue weighted by Gasteiger charge is -2.19. The molecule has 0 saturated carbocycles. The number of esters is 2. The van der Waals surface area contributed by atoms with Crippen LogP contribution in [0.15, 0.2) is 35.5 Å². The van der Waals surface area contributed by atoms with Crippen molar-refractivity contribution >= 4 is 17.7 Å². The number of ketones is 1. The highest BCUT2D eigenvalue weighted by atomic mass is 16.6. The molecule has 2 aliphatic rings. The van der Waals surface area contributed by atoms with Crippen LogP contribution in [-0.4, -0.2) is 42.1 Å². The molecule has 0 radical (unpaired) electrons. The molecular weight excluding hydrogens is 336 g/mol. The van der Waals surface area contributed by atoms with Gasteiger partial charge in [0.2, 0.25) is 0 Å². The minimum atomic E-state index is -0.603. The average molecular weight is 362 g/mol. The number of fused-ring (bicyclic) bond motifs is 1. The van der Waals surface area contributed by atoms with Crippen molar-refractivity contribution in [2.75, 3.05) is 13.2 Å². The summed E-state index contributed by atoms with van der Waals surface area (Å²) in [4.78, 5) is 36.1. The Hall–Kier alpha value is -2.21. The quantitative estimate of drug-likeness (QED) is 0.458. The third-order valence-electron chi connectivity index (χ3n) is 4.95. The smallest absolute Gasteiger partial charge is 0.334 e. The van der Waals surface area contributed by atoms with Gasteiger partial charge in [-0.25, -0.2) is 4.79 Å². The van der Waals surface area contributed by atoms with Gasteiger partial charge in [0.05, 0.1) is 12.5 Å². The molecule has 1 N–H and O–H groups in total. The van der Waals surface area contributed by atoms with E-state index in [4.69, 9.17) is 9.47 Å². The Labute approximate surface area is 153 Å². The molecule has 142 valence electrons. The Balaban J connectivity index is 2.22. The van der Waals surface area contributed by atoms with Crippen molar-refractivity contribution in [2.45, 2.75) is 45.6 Å². The molecule has 1 aliphatic carbocycles. The molecule has 26 heavy (non-hydrogen) atoms. The summed E-state index contributed by atoms with van der Waals surface area (Å²) in [7, 11) is 0. The van der Waals surface area contributed by atoms with Crippen molar-refractivity contribution in [3.05, 3.63) is 35.5 Å². The maximum absolute atomic E-state index is 12.3. The van der Waals surface area contributed by atoms with Crippen LogP contribution in [0, 0.1) is 11.8 Å². The van der Waals surface area contributed by atoms with Gasteiger partial charge >= 0.3 is 11.9 Å². The summed E-state index contributed by atoms with van der Waals surface area (Å²) in [6.45, 7) is 7.24. The predicted octanol–water partition coefficient (Wildman–Crippen LogP) is 2.27. The summed E-state index contributed by atoms with van der Waals surface area (Å²) in [5, 5.41) is 9.44. The zero-order chi connectivity index (χ0) is 19.3. The van der Waals surface area contributed by atoms with E-state index in [0.29, 0.717) is 24.8 Å². The molecule has 0 aromatic carbocycles. The zero-order valence-corrected chi connectivity index (χ0v) is 15.3. The Morgan fingerprint density at radius 2 is 2.19 bits per heavy atom. The Morgan fingerprint density at radius 3 is 2.85 bits per heavy atom. The largest absolute Gasteiger partial charge is 0.461 e. The molecule has 0 aromatic rings. The van der Waals surface area contributed by atoms with E-state index in [0.717, 1.165) is 5.57 Å². The van der Waals surface area contributed by atoms with E-state index in [-0.39, 0.29) is 42.9 Å². The normalized spacial score (nSPS) is 29.0. The lowest BCUT2D eigenvalue weighted by atomic mass is 9.87. The van der Waals surface area contributed by atoms with Crippen LogP contribution in [0.5, 0.6) is 0 Å². The van der Waals surface area contributed by atoms with Crippen molar-refractivity contribution in [2.24, 2.45) is 11.8 Å². The number of aliphatic hydroxyl groups is 1. The van der Waals surface area contributed by atoms with E-state index in [9.17, 15) is 19.5 Å². The lowest BCUT2D eigenvalue weighted by Crippen LogP contribution is -2.22. The molecule has 1 fully saturated rings. The van der Waals surface area contributed by atoms with Crippen LogP contribution in [0.25, 0.3) is 0 Å².